The van der Waals surface area contributed by atoms with Gasteiger partial charge in [-0.3, -0.25) is 9.59 Å². The average Bonchev–Trinajstić information content (AvgIpc) is 2.92. The predicted octanol–water partition coefficient (Wildman–Crippen LogP) is 3.88. The van der Waals surface area contributed by atoms with Crippen molar-refractivity contribution in [3.05, 3.63) is 50.9 Å². The van der Waals surface area contributed by atoms with Crippen molar-refractivity contribution in [1.82, 2.24) is 0 Å². The van der Waals surface area contributed by atoms with Crippen LogP contribution in [-0.2, 0) is 22.6 Å². The summed E-state index contributed by atoms with van der Waals surface area (Å²) in [5, 5.41) is 3.83. The van der Waals surface area contributed by atoms with Gasteiger partial charge in [0, 0.05) is 15.5 Å². The number of rotatable bonds is 4. The summed E-state index contributed by atoms with van der Waals surface area (Å²) in [4.78, 5) is 25.5. The minimum Gasteiger partial charge on any atom is -0.376 e. The van der Waals surface area contributed by atoms with Crippen LogP contribution in [0.3, 0.4) is 0 Å². The van der Waals surface area contributed by atoms with Gasteiger partial charge in [0.05, 0.1) is 18.8 Å². The van der Waals surface area contributed by atoms with Crippen LogP contribution in [0.2, 0.25) is 5.02 Å². The molecule has 1 amide bonds. The third kappa shape index (κ3) is 3.43. The van der Waals surface area contributed by atoms with Crippen LogP contribution in [-0.4, -0.2) is 24.2 Å². The fraction of sp³-hybridized carbons (Fsp3) is 0.250. The number of thiophene rings is 1. The first-order valence-corrected chi connectivity index (χ1v) is 8.71. The van der Waals surface area contributed by atoms with Crippen molar-refractivity contribution in [2.24, 2.45) is 0 Å². The number of ether oxygens (including phenoxy) is 1. The Morgan fingerprint density at radius 2 is 2.00 bits per heavy atom. The van der Waals surface area contributed by atoms with Crippen molar-refractivity contribution >= 4 is 51.2 Å². The van der Waals surface area contributed by atoms with Crippen molar-refractivity contribution < 1.29 is 14.3 Å². The Labute approximate surface area is 147 Å². The molecule has 0 unspecified atom stereocenters. The van der Waals surface area contributed by atoms with E-state index in [0.717, 1.165) is 10.4 Å². The predicted molar refractivity (Wildman–Crippen MR) is 91.9 cm³/mol. The Kier molecular flexibility index (Phi) is 5.02. The third-order valence-corrected chi connectivity index (χ3v) is 5.14. The van der Waals surface area contributed by atoms with E-state index in [1.807, 2.05) is 0 Å². The van der Waals surface area contributed by atoms with Crippen LogP contribution in [0, 0.1) is 0 Å². The van der Waals surface area contributed by atoms with Gasteiger partial charge < -0.3 is 10.1 Å². The summed E-state index contributed by atoms with van der Waals surface area (Å²) >= 11 is 12.8. The summed E-state index contributed by atoms with van der Waals surface area (Å²) in [6.07, 6.45) is 0.650. The Hall–Kier alpha value is -1.40. The van der Waals surface area contributed by atoms with Gasteiger partial charge >= 0.3 is 0 Å². The topological polar surface area (TPSA) is 55.4 Å². The Morgan fingerprint density at radius 3 is 2.70 bits per heavy atom. The Bertz CT molecular complexity index is 755. The molecule has 0 fully saturated rings. The number of ketones is 1. The zero-order chi connectivity index (χ0) is 16.4. The lowest BCUT2D eigenvalue weighted by Gasteiger charge is -2.13. The van der Waals surface area contributed by atoms with Crippen molar-refractivity contribution in [3.8, 4) is 0 Å². The summed E-state index contributed by atoms with van der Waals surface area (Å²) in [6, 6.07) is 6.71. The fourth-order valence-electron chi connectivity index (χ4n) is 2.47. The lowest BCUT2D eigenvalue weighted by Crippen LogP contribution is -2.16. The molecule has 1 aromatic heterocycles. The molecular formula is C16H13Cl2NO3S. The summed E-state index contributed by atoms with van der Waals surface area (Å²) in [6.45, 7) is 1.02. The number of hydrogen-bond donors (Lipinski definition) is 1. The second-order valence-corrected chi connectivity index (χ2v) is 6.84. The van der Waals surface area contributed by atoms with Crippen molar-refractivity contribution in [1.29, 1.82) is 0 Å². The second-order valence-electron chi connectivity index (χ2n) is 5.03. The van der Waals surface area contributed by atoms with Crippen LogP contribution in [0.25, 0.3) is 0 Å². The maximum atomic E-state index is 12.9. The fourth-order valence-corrected chi connectivity index (χ4v) is 3.86. The molecule has 0 atom stereocenters. The highest BCUT2D eigenvalue weighted by Gasteiger charge is 2.27. The minimum absolute atomic E-state index is 0.133. The number of alkyl halides is 1. The number of amides is 1. The normalized spacial score (nSPS) is 13.5. The first-order chi connectivity index (χ1) is 11.1. The molecule has 120 valence electrons. The van der Waals surface area contributed by atoms with E-state index in [1.54, 1.807) is 24.3 Å². The zero-order valence-electron chi connectivity index (χ0n) is 12.0. The van der Waals surface area contributed by atoms with Gasteiger partial charge in [-0.05, 0) is 36.2 Å². The molecule has 0 saturated heterocycles. The highest BCUT2D eigenvalue weighted by atomic mass is 35.5. The van der Waals surface area contributed by atoms with Crippen LogP contribution in [0.4, 0.5) is 5.00 Å². The van der Waals surface area contributed by atoms with Crippen LogP contribution >= 0.6 is 34.5 Å². The van der Waals surface area contributed by atoms with E-state index >= 15 is 0 Å². The number of fused-ring (bicyclic) bond motifs is 1. The molecule has 1 aromatic carbocycles. The number of halogens is 2. The van der Waals surface area contributed by atoms with E-state index < -0.39 is 0 Å². The van der Waals surface area contributed by atoms with Gasteiger partial charge in [0.2, 0.25) is 5.91 Å². The molecule has 0 bridgehead atoms. The molecule has 0 radical (unpaired) electrons. The number of nitrogens with one attached hydrogen (secondary N) is 1. The van der Waals surface area contributed by atoms with Gasteiger partial charge in [0.15, 0.2) is 5.78 Å². The first-order valence-electron chi connectivity index (χ1n) is 6.98. The molecule has 1 aliphatic heterocycles. The van der Waals surface area contributed by atoms with Crippen LogP contribution in [0.1, 0.15) is 26.4 Å². The highest BCUT2D eigenvalue weighted by Crippen LogP contribution is 2.38. The monoisotopic (exact) mass is 369 g/mol. The molecule has 3 rings (SSSR count). The van der Waals surface area contributed by atoms with Gasteiger partial charge in [-0.1, -0.05) is 11.6 Å². The largest absolute Gasteiger partial charge is 0.376 e. The summed E-state index contributed by atoms with van der Waals surface area (Å²) in [7, 11) is 0. The molecule has 0 aliphatic carbocycles. The molecule has 2 aromatic rings. The first kappa shape index (κ1) is 16.5. The molecule has 1 aliphatic rings. The maximum Gasteiger partial charge on any atom is 0.239 e. The molecular weight excluding hydrogens is 357 g/mol. The standard InChI is InChI=1S/C16H13Cl2NO3S/c17-7-13(20)19-16-14(11-5-6-22-8-12(11)23-16)15(21)9-1-3-10(18)4-2-9/h1-4H,5-8H2,(H,19,20). The van der Waals surface area contributed by atoms with Crippen molar-refractivity contribution in [2.45, 2.75) is 13.0 Å². The van der Waals surface area contributed by atoms with E-state index in [9.17, 15) is 9.59 Å². The molecule has 1 N–H and O–H groups in total. The molecule has 2 heterocycles. The molecule has 7 heteroatoms. The van der Waals surface area contributed by atoms with Gasteiger partial charge in [-0.25, -0.2) is 0 Å². The third-order valence-electron chi connectivity index (χ3n) is 3.53. The maximum absolute atomic E-state index is 12.9. The Balaban J connectivity index is 2.04. The van der Waals surface area contributed by atoms with E-state index in [4.69, 9.17) is 27.9 Å². The Morgan fingerprint density at radius 1 is 1.26 bits per heavy atom. The van der Waals surface area contributed by atoms with Crippen molar-refractivity contribution in [2.75, 3.05) is 17.8 Å². The number of anilines is 1. The number of carbonyl (C=O) groups excluding carboxylic acids is 2. The average molecular weight is 370 g/mol. The smallest absolute Gasteiger partial charge is 0.239 e. The number of hydrogen-bond acceptors (Lipinski definition) is 4. The quantitative estimate of drug-likeness (QED) is 0.656. The molecule has 0 saturated carbocycles. The van der Waals surface area contributed by atoms with Crippen LogP contribution in [0.5, 0.6) is 0 Å². The molecule has 23 heavy (non-hydrogen) atoms. The summed E-state index contributed by atoms with van der Waals surface area (Å²) in [5.74, 6) is -0.629. The second kappa shape index (κ2) is 7.01. The zero-order valence-corrected chi connectivity index (χ0v) is 14.4. The van der Waals surface area contributed by atoms with Gasteiger partial charge in [-0.2, -0.15) is 0 Å². The van der Waals surface area contributed by atoms with E-state index in [0.29, 0.717) is 40.8 Å². The van der Waals surface area contributed by atoms with Crippen LogP contribution in [0.15, 0.2) is 24.3 Å². The van der Waals surface area contributed by atoms with Gasteiger partial charge in [-0.15, -0.1) is 22.9 Å². The molecule has 4 nitrogen and oxygen atoms in total. The summed E-state index contributed by atoms with van der Waals surface area (Å²) < 4.78 is 5.44. The lowest BCUT2D eigenvalue weighted by molar-refractivity contribution is -0.113. The van der Waals surface area contributed by atoms with E-state index in [-0.39, 0.29) is 17.6 Å². The number of carbonyl (C=O) groups is 2. The van der Waals surface area contributed by atoms with Crippen LogP contribution < -0.4 is 5.32 Å². The number of benzene rings is 1. The van der Waals surface area contributed by atoms with Crippen molar-refractivity contribution in [3.63, 3.8) is 0 Å². The van der Waals surface area contributed by atoms with Gasteiger partial charge in [0.1, 0.15) is 10.9 Å². The molecule has 0 spiro atoms. The van der Waals surface area contributed by atoms with E-state index in [2.05, 4.69) is 5.32 Å². The lowest BCUT2D eigenvalue weighted by atomic mass is 9.97. The van der Waals surface area contributed by atoms with Gasteiger partial charge in [0.25, 0.3) is 0 Å². The summed E-state index contributed by atoms with van der Waals surface area (Å²) in [5.41, 5.74) is 2.02. The van der Waals surface area contributed by atoms with E-state index in [1.165, 1.54) is 11.3 Å². The minimum atomic E-state index is -0.337. The highest BCUT2D eigenvalue weighted by molar-refractivity contribution is 7.17. The SMILES string of the molecule is O=C(CCl)Nc1sc2c(c1C(=O)c1ccc(Cl)cc1)CCOC2.